The van der Waals surface area contributed by atoms with Crippen molar-refractivity contribution in [1.82, 2.24) is 10.2 Å². The molecule has 1 atom stereocenters. The third-order valence-electron chi connectivity index (χ3n) is 4.52. The Balaban J connectivity index is 1.91. The molecule has 1 aliphatic heterocycles. The minimum absolute atomic E-state index is 0.231. The molecule has 0 radical (unpaired) electrons. The van der Waals surface area contributed by atoms with E-state index in [1.165, 1.54) is 4.90 Å². The van der Waals surface area contributed by atoms with Crippen molar-refractivity contribution in [3.63, 3.8) is 0 Å². The number of carbonyl (C=O) groups excluding carboxylic acids is 2. The molecule has 0 aromatic heterocycles. The van der Waals surface area contributed by atoms with E-state index in [1.54, 1.807) is 19.2 Å². The zero-order valence-corrected chi connectivity index (χ0v) is 15.7. The summed E-state index contributed by atoms with van der Waals surface area (Å²) in [5.74, 6) is 0.475. The highest BCUT2D eigenvalue weighted by Gasteiger charge is 2.51. The molecule has 3 rings (SSSR count). The number of imide groups is 1. The molecule has 2 aromatic carbocycles. The van der Waals surface area contributed by atoms with Crippen molar-refractivity contribution in [1.29, 1.82) is 0 Å². The second-order valence-electron chi connectivity index (χ2n) is 5.94. The lowest BCUT2D eigenvalue weighted by Crippen LogP contribution is -2.43. The second kappa shape index (κ2) is 6.88. The van der Waals surface area contributed by atoms with E-state index in [9.17, 15) is 9.59 Å². The Kier molecular flexibility index (Phi) is 4.81. The van der Waals surface area contributed by atoms with Crippen LogP contribution in [0.1, 0.15) is 24.5 Å². The van der Waals surface area contributed by atoms with Gasteiger partial charge in [0, 0.05) is 4.47 Å². The third-order valence-corrected chi connectivity index (χ3v) is 5.01. The number of carbonyl (C=O) groups is 2. The van der Waals surface area contributed by atoms with Crippen LogP contribution in [0.2, 0.25) is 0 Å². The Hall–Kier alpha value is -2.34. The van der Waals surface area contributed by atoms with E-state index in [0.717, 1.165) is 15.6 Å². The number of hydrogen-bond donors (Lipinski definition) is 1. The molecule has 2 aromatic rings. The number of ether oxygens (including phenoxy) is 1. The highest BCUT2D eigenvalue weighted by Crippen LogP contribution is 2.34. The lowest BCUT2D eigenvalue weighted by atomic mass is 9.87. The van der Waals surface area contributed by atoms with Crippen LogP contribution in [0.25, 0.3) is 0 Å². The molecule has 5 nitrogen and oxygen atoms in total. The zero-order valence-electron chi connectivity index (χ0n) is 14.1. The maximum atomic E-state index is 13.1. The molecule has 1 heterocycles. The smallest absolute Gasteiger partial charge is 0.325 e. The van der Waals surface area contributed by atoms with Gasteiger partial charge in [0.2, 0.25) is 0 Å². The first-order valence-corrected chi connectivity index (χ1v) is 8.82. The van der Waals surface area contributed by atoms with E-state index in [-0.39, 0.29) is 18.5 Å². The molecule has 130 valence electrons. The Bertz CT molecular complexity index is 807. The molecule has 0 bridgehead atoms. The summed E-state index contributed by atoms with van der Waals surface area (Å²) < 4.78 is 6.08. The van der Waals surface area contributed by atoms with Crippen LogP contribution in [0.3, 0.4) is 0 Å². The lowest BCUT2D eigenvalue weighted by molar-refractivity contribution is -0.132. The van der Waals surface area contributed by atoms with Gasteiger partial charge in [0.05, 0.1) is 13.7 Å². The Morgan fingerprint density at radius 3 is 2.48 bits per heavy atom. The van der Waals surface area contributed by atoms with E-state index in [2.05, 4.69) is 21.2 Å². The topological polar surface area (TPSA) is 58.6 Å². The van der Waals surface area contributed by atoms with Gasteiger partial charge in [-0.2, -0.15) is 0 Å². The van der Waals surface area contributed by atoms with Crippen LogP contribution >= 0.6 is 15.9 Å². The van der Waals surface area contributed by atoms with Gasteiger partial charge in [-0.1, -0.05) is 47.1 Å². The van der Waals surface area contributed by atoms with Gasteiger partial charge >= 0.3 is 6.03 Å². The predicted octanol–water partition coefficient (Wildman–Crippen LogP) is 3.82. The summed E-state index contributed by atoms with van der Waals surface area (Å²) in [5.41, 5.74) is 0.612. The number of amides is 3. The van der Waals surface area contributed by atoms with Crippen molar-refractivity contribution in [2.45, 2.75) is 25.4 Å². The first-order chi connectivity index (χ1) is 12.0. The van der Waals surface area contributed by atoms with Gasteiger partial charge in [-0.15, -0.1) is 0 Å². The average Bonchev–Trinajstić information content (AvgIpc) is 2.87. The summed E-state index contributed by atoms with van der Waals surface area (Å²) in [6.07, 6.45) is 0.471. The molecule has 6 heteroatoms. The van der Waals surface area contributed by atoms with Crippen molar-refractivity contribution in [3.05, 3.63) is 64.1 Å². The van der Waals surface area contributed by atoms with E-state index in [0.29, 0.717) is 12.2 Å². The molecule has 1 N–H and O–H groups in total. The van der Waals surface area contributed by atoms with Crippen LogP contribution in [0.5, 0.6) is 5.75 Å². The van der Waals surface area contributed by atoms with Crippen molar-refractivity contribution in [2.24, 2.45) is 0 Å². The van der Waals surface area contributed by atoms with E-state index >= 15 is 0 Å². The van der Waals surface area contributed by atoms with Crippen LogP contribution in [-0.2, 0) is 16.9 Å². The Labute approximate surface area is 155 Å². The highest BCUT2D eigenvalue weighted by atomic mass is 79.9. The minimum atomic E-state index is -1.03. The van der Waals surface area contributed by atoms with Crippen LogP contribution in [0.15, 0.2) is 53.0 Å². The molecule has 3 amide bonds. The molecule has 0 aliphatic carbocycles. The number of benzene rings is 2. The quantitative estimate of drug-likeness (QED) is 0.773. The Morgan fingerprint density at radius 2 is 1.88 bits per heavy atom. The van der Waals surface area contributed by atoms with Gasteiger partial charge in [-0.25, -0.2) is 4.79 Å². The molecule has 0 unspecified atom stereocenters. The van der Waals surface area contributed by atoms with Crippen LogP contribution in [0, 0.1) is 0 Å². The fourth-order valence-corrected chi connectivity index (χ4v) is 3.55. The molecule has 1 saturated heterocycles. The van der Waals surface area contributed by atoms with Crippen LogP contribution in [-0.4, -0.2) is 23.9 Å². The van der Waals surface area contributed by atoms with Crippen LogP contribution < -0.4 is 10.1 Å². The van der Waals surface area contributed by atoms with Crippen molar-refractivity contribution in [2.75, 3.05) is 7.11 Å². The molecular formula is C19H19BrN2O3. The molecule has 0 saturated carbocycles. The molecule has 1 fully saturated rings. The maximum absolute atomic E-state index is 13.1. The van der Waals surface area contributed by atoms with Gasteiger partial charge in [0.25, 0.3) is 5.91 Å². The summed E-state index contributed by atoms with van der Waals surface area (Å²) in [6.45, 7) is 2.13. The fraction of sp³-hybridized carbons (Fsp3) is 0.263. The van der Waals surface area contributed by atoms with Crippen molar-refractivity contribution >= 4 is 27.9 Å². The van der Waals surface area contributed by atoms with Gasteiger partial charge in [0.15, 0.2) is 0 Å². The Morgan fingerprint density at radius 1 is 1.16 bits per heavy atom. The van der Waals surface area contributed by atoms with Gasteiger partial charge < -0.3 is 10.1 Å². The normalized spacial score (nSPS) is 19.9. The number of halogens is 1. The number of rotatable bonds is 5. The van der Waals surface area contributed by atoms with Crippen LogP contribution in [0.4, 0.5) is 4.79 Å². The summed E-state index contributed by atoms with van der Waals surface area (Å²) in [4.78, 5) is 26.9. The second-order valence-corrected chi connectivity index (χ2v) is 6.85. The zero-order chi connectivity index (χ0) is 18.0. The number of nitrogens with zero attached hydrogens (tertiary/aromatic N) is 1. The SMILES string of the molecule is CC[C@@]1(c2ccc(OC)cc2)NC(=O)N(Cc2cccc(Br)c2)C1=O. The van der Waals surface area contributed by atoms with Crippen molar-refractivity contribution in [3.8, 4) is 5.75 Å². The van der Waals surface area contributed by atoms with Gasteiger partial charge in [-0.05, 0) is 41.8 Å². The third kappa shape index (κ3) is 3.14. The minimum Gasteiger partial charge on any atom is -0.497 e. The average molecular weight is 403 g/mol. The first-order valence-electron chi connectivity index (χ1n) is 8.03. The summed E-state index contributed by atoms with van der Waals surface area (Å²) in [5, 5.41) is 2.89. The summed E-state index contributed by atoms with van der Waals surface area (Å²) in [6, 6.07) is 14.4. The standard InChI is InChI=1S/C19H19BrN2O3/c1-3-19(14-7-9-16(25-2)10-8-14)17(23)22(18(24)21-19)12-13-5-4-6-15(20)11-13/h4-11H,3,12H2,1-2H3,(H,21,24)/t19-/m0/s1. The monoisotopic (exact) mass is 402 g/mol. The molecule has 1 aliphatic rings. The highest BCUT2D eigenvalue weighted by molar-refractivity contribution is 9.10. The van der Waals surface area contributed by atoms with E-state index < -0.39 is 5.54 Å². The maximum Gasteiger partial charge on any atom is 0.325 e. The predicted molar refractivity (Wildman–Crippen MR) is 98.2 cm³/mol. The van der Waals surface area contributed by atoms with Gasteiger partial charge in [-0.3, -0.25) is 9.69 Å². The largest absolute Gasteiger partial charge is 0.497 e. The summed E-state index contributed by atoms with van der Waals surface area (Å²) >= 11 is 3.41. The molecule has 25 heavy (non-hydrogen) atoms. The first kappa shape index (κ1) is 17.5. The van der Waals surface area contributed by atoms with E-state index in [4.69, 9.17) is 4.74 Å². The van der Waals surface area contributed by atoms with Crippen molar-refractivity contribution < 1.29 is 14.3 Å². The number of nitrogens with one attached hydrogen (secondary N) is 1. The number of urea groups is 1. The molecular weight excluding hydrogens is 384 g/mol. The number of methoxy groups -OCH3 is 1. The number of hydrogen-bond acceptors (Lipinski definition) is 3. The van der Waals surface area contributed by atoms with E-state index in [1.807, 2.05) is 43.3 Å². The fourth-order valence-electron chi connectivity index (χ4n) is 3.10. The summed E-state index contributed by atoms with van der Waals surface area (Å²) in [7, 11) is 1.59. The lowest BCUT2D eigenvalue weighted by Gasteiger charge is -2.26. The molecule has 0 spiro atoms. The van der Waals surface area contributed by atoms with Gasteiger partial charge in [0.1, 0.15) is 11.3 Å².